The highest BCUT2D eigenvalue weighted by molar-refractivity contribution is 5.88. The molecule has 0 aliphatic carbocycles. The van der Waals surface area contributed by atoms with E-state index in [1.807, 2.05) is 23.1 Å². The van der Waals surface area contributed by atoms with Gasteiger partial charge in [-0.05, 0) is 6.07 Å². The van der Waals surface area contributed by atoms with Gasteiger partial charge >= 0.3 is 0 Å². The maximum absolute atomic E-state index is 12.3. The van der Waals surface area contributed by atoms with Gasteiger partial charge in [-0.3, -0.25) is 14.5 Å². The largest absolute Gasteiger partial charge is 0.493 e. The lowest BCUT2D eigenvalue weighted by atomic mass is 10.1. The second-order valence-electron chi connectivity index (χ2n) is 5.92. The van der Waals surface area contributed by atoms with Crippen LogP contribution in [-0.2, 0) is 16.1 Å². The lowest BCUT2D eigenvalue weighted by molar-refractivity contribution is -0.137. The van der Waals surface area contributed by atoms with Crippen molar-refractivity contribution in [2.24, 2.45) is 0 Å². The van der Waals surface area contributed by atoms with Crippen molar-refractivity contribution in [1.29, 1.82) is 0 Å². The fourth-order valence-corrected chi connectivity index (χ4v) is 2.82. The molecule has 1 aliphatic rings. The van der Waals surface area contributed by atoms with Gasteiger partial charge in [0.15, 0.2) is 11.5 Å². The molecule has 1 aromatic rings. The van der Waals surface area contributed by atoms with E-state index in [4.69, 9.17) is 9.47 Å². The molecule has 24 heavy (non-hydrogen) atoms. The number of nitrogens with one attached hydrogen (secondary N) is 1. The Morgan fingerprint density at radius 1 is 1.33 bits per heavy atom. The molecule has 0 radical (unpaired) electrons. The van der Waals surface area contributed by atoms with Crippen molar-refractivity contribution in [3.63, 3.8) is 0 Å². The molecule has 0 saturated carbocycles. The second-order valence-corrected chi connectivity index (χ2v) is 5.92. The number of hydrogen-bond acceptors (Lipinski definition) is 5. The quantitative estimate of drug-likeness (QED) is 0.819. The topological polar surface area (TPSA) is 71.1 Å². The Balaban J connectivity index is 2.22. The smallest absolute Gasteiger partial charge is 0.237 e. The van der Waals surface area contributed by atoms with Crippen LogP contribution in [0.1, 0.15) is 12.0 Å². The molecule has 0 bridgehead atoms. The molecular weight excluding hydrogens is 310 g/mol. The molecule has 2 rings (SSSR count). The van der Waals surface area contributed by atoms with Crippen LogP contribution in [-0.4, -0.2) is 69.1 Å². The molecule has 1 heterocycles. The standard InChI is InChI=1S/C17H25N3O4/c1-19(2)15(21)10-13-17(22)18-8-9-20(13)11-12-6-5-7-14(23-3)16(12)24-4/h5-7,13H,8-11H2,1-4H3,(H,18,22). The molecule has 0 aromatic heterocycles. The van der Waals surface area contributed by atoms with Gasteiger partial charge in [-0.2, -0.15) is 0 Å². The third kappa shape index (κ3) is 3.97. The summed E-state index contributed by atoms with van der Waals surface area (Å²) < 4.78 is 10.8. The fraction of sp³-hybridized carbons (Fsp3) is 0.529. The predicted octanol–water partition coefficient (Wildman–Crippen LogP) is 0.483. The van der Waals surface area contributed by atoms with Gasteiger partial charge in [-0.15, -0.1) is 0 Å². The van der Waals surface area contributed by atoms with Gasteiger partial charge in [0, 0.05) is 39.3 Å². The van der Waals surface area contributed by atoms with E-state index in [9.17, 15) is 9.59 Å². The summed E-state index contributed by atoms with van der Waals surface area (Å²) in [5, 5.41) is 2.84. The molecule has 0 spiro atoms. The van der Waals surface area contributed by atoms with Crippen LogP contribution in [0.25, 0.3) is 0 Å². The minimum atomic E-state index is -0.482. The summed E-state index contributed by atoms with van der Waals surface area (Å²) in [4.78, 5) is 27.8. The molecule has 132 valence electrons. The molecular formula is C17H25N3O4. The number of rotatable bonds is 6. The van der Waals surface area contributed by atoms with Crippen LogP contribution in [0.4, 0.5) is 0 Å². The lowest BCUT2D eigenvalue weighted by Crippen LogP contribution is -2.56. The van der Waals surface area contributed by atoms with Crippen molar-refractivity contribution in [3.05, 3.63) is 23.8 Å². The Kier molecular flexibility index (Phi) is 6.03. The Morgan fingerprint density at radius 3 is 2.71 bits per heavy atom. The number of carbonyl (C=O) groups is 2. The van der Waals surface area contributed by atoms with E-state index in [-0.39, 0.29) is 18.2 Å². The predicted molar refractivity (Wildman–Crippen MR) is 90.1 cm³/mol. The van der Waals surface area contributed by atoms with Crippen LogP contribution in [0.5, 0.6) is 11.5 Å². The van der Waals surface area contributed by atoms with E-state index in [2.05, 4.69) is 5.32 Å². The van der Waals surface area contributed by atoms with Crippen LogP contribution in [0.15, 0.2) is 18.2 Å². The number of amides is 2. The molecule has 7 heteroatoms. The van der Waals surface area contributed by atoms with Crippen molar-refractivity contribution < 1.29 is 19.1 Å². The van der Waals surface area contributed by atoms with Gasteiger partial charge in [0.1, 0.15) is 0 Å². The van der Waals surface area contributed by atoms with Crippen LogP contribution in [0, 0.1) is 0 Å². The van der Waals surface area contributed by atoms with Crippen LogP contribution in [0.3, 0.4) is 0 Å². The first-order valence-corrected chi connectivity index (χ1v) is 7.89. The Bertz CT molecular complexity index is 603. The van der Waals surface area contributed by atoms with Gasteiger partial charge in [-0.1, -0.05) is 12.1 Å². The second kappa shape index (κ2) is 8.01. The van der Waals surface area contributed by atoms with Gasteiger partial charge in [0.25, 0.3) is 0 Å². The van der Waals surface area contributed by atoms with E-state index in [1.165, 1.54) is 4.90 Å². The van der Waals surface area contributed by atoms with E-state index in [0.717, 1.165) is 5.56 Å². The normalized spacial score (nSPS) is 18.0. The highest BCUT2D eigenvalue weighted by Gasteiger charge is 2.32. The minimum absolute atomic E-state index is 0.0698. The zero-order chi connectivity index (χ0) is 17.7. The van der Waals surface area contributed by atoms with Crippen molar-refractivity contribution in [2.45, 2.75) is 19.0 Å². The number of methoxy groups -OCH3 is 2. The summed E-state index contributed by atoms with van der Waals surface area (Å²) >= 11 is 0. The monoisotopic (exact) mass is 335 g/mol. The average Bonchev–Trinajstić information content (AvgIpc) is 2.57. The number of carbonyl (C=O) groups excluding carboxylic acids is 2. The first-order valence-electron chi connectivity index (χ1n) is 7.89. The van der Waals surface area contributed by atoms with Crippen molar-refractivity contribution in [3.8, 4) is 11.5 Å². The van der Waals surface area contributed by atoms with Crippen LogP contribution in [0.2, 0.25) is 0 Å². The summed E-state index contributed by atoms with van der Waals surface area (Å²) in [6, 6.07) is 5.18. The third-order valence-electron chi connectivity index (χ3n) is 4.17. The molecule has 2 amide bonds. The number of benzene rings is 1. The van der Waals surface area contributed by atoms with E-state index < -0.39 is 6.04 Å². The van der Waals surface area contributed by atoms with Crippen LogP contribution < -0.4 is 14.8 Å². The Labute approximate surface area is 142 Å². The van der Waals surface area contributed by atoms with Gasteiger partial charge in [0.05, 0.1) is 26.7 Å². The fourth-order valence-electron chi connectivity index (χ4n) is 2.82. The maximum atomic E-state index is 12.3. The molecule has 1 aliphatic heterocycles. The zero-order valence-corrected chi connectivity index (χ0v) is 14.7. The number of hydrogen-bond donors (Lipinski definition) is 1. The van der Waals surface area contributed by atoms with Gasteiger partial charge in [-0.25, -0.2) is 0 Å². The molecule has 1 atom stereocenters. The maximum Gasteiger partial charge on any atom is 0.237 e. The number of para-hydroxylation sites is 1. The molecule has 1 saturated heterocycles. The van der Waals surface area contributed by atoms with E-state index >= 15 is 0 Å². The van der Waals surface area contributed by atoms with Gasteiger partial charge < -0.3 is 19.7 Å². The number of nitrogens with zero attached hydrogens (tertiary/aromatic N) is 2. The SMILES string of the molecule is COc1cccc(CN2CCNC(=O)C2CC(=O)N(C)C)c1OC. The molecule has 1 aromatic carbocycles. The average molecular weight is 335 g/mol. The summed E-state index contributed by atoms with van der Waals surface area (Å²) in [6.45, 7) is 1.76. The molecule has 1 N–H and O–H groups in total. The van der Waals surface area contributed by atoms with Crippen molar-refractivity contribution >= 4 is 11.8 Å². The third-order valence-corrected chi connectivity index (χ3v) is 4.17. The Morgan fingerprint density at radius 2 is 2.08 bits per heavy atom. The van der Waals surface area contributed by atoms with Crippen LogP contribution >= 0.6 is 0 Å². The Hall–Kier alpha value is -2.28. The lowest BCUT2D eigenvalue weighted by Gasteiger charge is -2.35. The van der Waals surface area contributed by atoms with Crippen molar-refractivity contribution in [2.75, 3.05) is 41.4 Å². The summed E-state index contributed by atoms with van der Waals surface area (Å²) in [7, 11) is 6.57. The molecule has 1 fully saturated rings. The first-order chi connectivity index (χ1) is 11.5. The zero-order valence-electron chi connectivity index (χ0n) is 14.7. The summed E-state index contributed by atoms with van der Waals surface area (Å²) in [5.41, 5.74) is 0.925. The van der Waals surface area contributed by atoms with Gasteiger partial charge in [0.2, 0.25) is 11.8 Å². The highest BCUT2D eigenvalue weighted by atomic mass is 16.5. The van der Waals surface area contributed by atoms with E-state index in [0.29, 0.717) is 31.1 Å². The molecule has 1 unspecified atom stereocenters. The number of piperazine rings is 1. The number of ether oxygens (including phenoxy) is 2. The summed E-state index contributed by atoms with van der Waals surface area (Å²) in [6.07, 6.45) is 0.158. The van der Waals surface area contributed by atoms with E-state index in [1.54, 1.807) is 28.3 Å². The minimum Gasteiger partial charge on any atom is -0.493 e. The highest BCUT2D eigenvalue weighted by Crippen LogP contribution is 2.32. The van der Waals surface area contributed by atoms with Crippen molar-refractivity contribution in [1.82, 2.24) is 15.1 Å². The summed E-state index contributed by atoms with van der Waals surface area (Å²) in [5.74, 6) is 1.12. The molecule has 7 nitrogen and oxygen atoms in total. The first kappa shape index (κ1) is 18.1.